The van der Waals surface area contributed by atoms with Gasteiger partial charge in [-0.05, 0) is 38.1 Å². The van der Waals surface area contributed by atoms with Crippen molar-refractivity contribution in [3.8, 4) is 0 Å². The van der Waals surface area contributed by atoms with Crippen LogP contribution in [0.1, 0.15) is 16.7 Å². The van der Waals surface area contributed by atoms with Crippen LogP contribution in [0.2, 0.25) is 0 Å². The summed E-state index contributed by atoms with van der Waals surface area (Å²) in [5.74, 6) is 0. The molecule has 28 heavy (non-hydrogen) atoms. The molecule has 0 atom stereocenters. The lowest BCUT2D eigenvalue weighted by Gasteiger charge is -2.29. The molecule has 0 heterocycles. The Kier molecular flexibility index (Phi) is 7.13. The van der Waals surface area contributed by atoms with Crippen LogP contribution < -0.4 is 4.48 Å². The molecule has 0 radical (unpaired) electrons. The van der Waals surface area contributed by atoms with Crippen molar-refractivity contribution < 1.29 is 13.0 Å². The SMILES string of the molecule is Cc1ccc(C[N+](C)(C)c2ccccc2)cc1.Cc1ccc(S(=O)(=O)[O-])cc1. The molecule has 0 saturated carbocycles. The van der Waals surface area contributed by atoms with E-state index in [1.54, 1.807) is 12.1 Å². The molecule has 0 fully saturated rings. The minimum Gasteiger partial charge on any atom is -0.744 e. The Morgan fingerprint density at radius 1 is 0.750 bits per heavy atom. The topological polar surface area (TPSA) is 57.2 Å². The summed E-state index contributed by atoms with van der Waals surface area (Å²) in [6.07, 6.45) is 0. The van der Waals surface area contributed by atoms with Gasteiger partial charge < -0.3 is 4.55 Å². The summed E-state index contributed by atoms with van der Waals surface area (Å²) in [4.78, 5) is -0.178. The molecule has 3 aromatic rings. The number of quaternary nitrogens is 1. The molecule has 4 nitrogen and oxygen atoms in total. The van der Waals surface area contributed by atoms with Crippen molar-refractivity contribution in [3.63, 3.8) is 0 Å². The monoisotopic (exact) mass is 397 g/mol. The predicted molar refractivity (Wildman–Crippen MR) is 114 cm³/mol. The Balaban J connectivity index is 0.000000221. The van der Waals surface area contributed by atoms with E-state index in [9.17, 15) is 13.0 Å². The first-order valence-electron chi connectivity index (χ1n) is 9.05. The van der Waals surface area contributed by atoms with E-state index in [0.717, 1.165) is 16.6 Å². The molecule has 5 heteroatoms. The van der Waals surface area contributed by atoms with Crippen LogP contribution in [-0.2, 0) is 16.7 Å². The summed E-state index contributed by atoms with van der Waals surface area (Å²) < 4.78 is 32.0. The zero-order valence-electron chi connectivity index (χ0n) is 16.8. The Morgan fingerprint density at radius 2 is 1.21 bits per heavy atom. The average Bonchev–Trinajstić information content (AvgIpc) is 2.64. The zero-order chi connectivity index (χ0) is 20.8. The second-order valence-electron chi connectivity index (χ2n) is 7.43. The molecule has 3 aromatic carbocycles. The molecular weight excluding hydrogens is 370 g/mol. The van der Waals surface area contributed by atoms with Crippen molar-refractivity contribution in [3.05, 3.63) is 95.6 Å². The highest BCUT2D eigenvalue weighted by Crippen LogP contribution is 2.21. The van der Waals surface area contributed by atoms with E-state index in [1.807, 2.05) is 6.92 Å². The van der Waals surface area contributed by atoms with Crippen LogP contribution in [0.25, 0.3) is 0 Å². The number of aryl methyl sites for hydroxylation is 2. The van der Waals surface area contributed by atoms with Crippen LogP contribution in [0, 0.1) is 13.8 Å². The zero-order valence-corrected chi connectivity index (χ0v) is 17.6. The maximum absolute atomic E-state index is 10.4. The van der Waals surface area contributed by atoms with Crippen molar-refractivity contribution >= 4 is 15.8 Å². The van der Waals surface area contributed by atoms with Gasteiger partial charge in [0, 0.05) is 5.56 Å². The predicted octanol–water partition coefficient (Wildman–Crippen LogP) is 4.66. The third-order valence-corrected chi connectivity index (χ3v) is 5.31. The van der Waals surface area contributed by atoms with Crippen molar-refractivity contribution in [1.82, 2.24) is 4.48 Å². The van der Waals surface area contributed by atoms with Crippen molar-refractivity contribution in [2.75, 3.05) is 14.1 Å². The van der Waals surface area contributed by atoms with Crippen molar-refractivity contribution in [1.29, 1.82) is 0 Å². The summed E-state index contributed by atoms with van der Waals surface area (Å²) in [5.41, 5.74) is 4.97. The van der Waals surface area contributed by atoms with Crippen LogP contribution in [0.4, 0.5) is 5.69 Å². The first-order chi connectivity index (χ1) is 13.1. The van der Waals surface area contributed by atoms with E-state index in [4.69, 9.17) is 0 Å². The Labute approximate surface area is 168 Å². The molecule has 0 aliphatic rings. The fourth-order valence-corrected chi connectivity index (χ4v) is 3.25. The van der Waals surface area contributed by atoms with Crippen LogP contribution in [0.15, 0.2) is 83.8 Å². The fourth-order valence-electron chi connectivity index (χ4n) is 2.78. The average molecular weight is 398 g/mol. The highest BCUT2D eigenvalue weighted by molar-refractivity contribution is 7.85. The standard InChI is InChI=1S/C16H20N.C7H8O3S/c1-14-9-11-15(12-10-14)13-17(2,3)16-7-5-4-6-8-16;1-6-2-4-7(5-3-6)11(8,9)10/h4-12H,13H2,1-3H3;2-5H,1H3,(H,8,9,10)/q+1;/p-1. The molecular formula is C23H27NO3S. The van der Waals surface area contributed by atoms with Crippen molar-refractivity contribution in [2.45, 2.75) is 25.3 Å². The Morgan fingerprint density at radius 3 is 1.68 bits per heavy atom. The fraction of sp³-hybridized carbons (Fsp3) is 0.217. The lowest BCUT2D eigenvalue weighted by atomic mass is 10.1. The smallest absolute Gasteiger partial charge is 0.132 e. The molecule has 0 aromatic heterocycles. The summed E-state index contributed by atoms with van der Waals surface area (Å²) in [6, 6.07) is 25.2. The molecule has 3 rings (SSSR count). The van der Waals surface area contributed by atoms with Gasteiger partial charge in [0.15, 0.2) is 0 Å². The van der Waals surface area contributed by atoms with E-state index in [-0.39, 0.29) is 4.90 Å². The van der Waals surface area contributed by atoms with Crippen LogP contribution >= 0.6 is 0 Å². The summed E-state index contributed by atoms with van der Waals surface area (Å²) in [5, 5.41) is 0. The molecule has 0 N–H and O–H groups in total. The third kappa shape index (κ3) is 6.60. The van der Waals surface area contributed by atoms with Gasteiger partial charge in [-0.1, -0.05) is 65.7 Å². The highest BCUT2D eigenvalue weighted by atomic mass is 32.2. The normalized spacial score (nSPS) is 11.5. The number of hydrogen-bond acceptors (Lipinski definition) is 3. The molecule has 0 unspecified atom stereocenters. The number of benzene rings is 3. The van der Waals surface area contributed by atoms with Gasteiger partial charge in [0.05, 0.1) is 19.0 Å². The molecule has 0 bridgehead atoms. The maximum atomic E-state index is 10.4. The van der Waals surface area contributed by atoms with Gasteiger partial charge in [0.25, 0.3) is 0 Å². The van der Waals surface area contributed by atoms with E-state index in [0.29, 0.717) is 0 Å². The van der Waals surface area contributed by atoms with Crippen LogP contribution in [0.5, 0.6) is 0 Å². The highest BCUT2D eigenvalue weighted by Gasteiger charge is 2.18. The summed E-state index contributed by atoms with van der Waals surface area (Å²) >= 11 is 0. The van der Waals surface area contributed by atoms with Gasteiger partial charge in [0.2, 0.25) is 0 Å². The lowest BCUT2D eigenvalue weighted by Crippen LogP contribution is -2.39. The molecule has 0 spiro atoms. The van der Waals surface area contributed by atoms with E-state index in [1.165, 1.54) is 28.9 Å². The number of para-hydroxylation sites is 1. The van der Waals surface area contributed by atoms with Gasteiger partial charge in [-0.15, -0.1) is 0 Å². The minimum atomic E-state index is -4.27. The minimum absolute atomic E-state index is 0.178. The second kappa shape index (κ2) is 9.15. The largest absolute Gasteiger partial charge is 0.744 e. The quantitative estimate of drug-likeness (QED) is 0.475. The molecule has 148 valence electrons. The Hall–Kier alpha value is -2.47. The van der Waals surface area contributed by atoms with Gasteiger partial charge in [-0.3, -0.25) is 4.48 Å². The number of nitrogens with zero attached hydrogens (tertiary/aromatic N) is 1. The number of hydrogen-bond donors (Lipinski definition) is 0. The summed E-state index contributed by atoms with van der Waals surface area (Å²) in [7, 11) is 0.221. The van der Waals surface area contributed by atoms with Gasteiger partial charge in [0.1, 0.15) is 22.4 Å². The first kappa shape index (κ1) is 21.8. The lowest BCUT2D eigenvalue weighted by molar-refractivity contribution is 0.392. The van der Waals surface area contributed by atoms with Gasteiger partial charge >= 0.3 is 0 Å². The summed E-state index contributed by atoms with van der Waals surface area (Å²) in [6.45, 7) is 4.96. The van der Waals surface area contributed by atoms with E-state index >= 15 is 0 Å². The molecule has 0 aliphatic heterocycles. The third-order valence-electron chi connectivity index (χ3n) is 4.46. The molecule has 0 amide bonds. The molecule has 0 aliphatic carbocycles. The molecule has 0 saturated heterocycles. The maximum Gasteiger partial charge on any atom is 0.132 e. The van der Waals surface area contributed by atoms with Crippen LogP contribution in [-0.4, -0.2) is 27.1 Å². The van der Waals surface area contributed by atoms with Gasteiger partial charge in [-0.2, -0.15) is 0 Å². The van der Waals surface area contributed by atoms with Gasteiger partial charge in [-0.25, -0.2) is 8.42 Å². The van der Waals surface area contributed by atoms with Crippen molar-refractivity contribution in [2.24, 2.45) is 0 Å². The first-order valence-corrected chi connectivity index (χ1v) is 10.5. The van der Waals surface area contributed by atoms with E-state index < -0.39 is 10.1 Å². The second-order valence-corrected chi connectivity index (χ2v) is 8.81. The Bertz CT molecular complexity index is 978. The van der Waals surface area contributed by atoms with Crippen LogP contribution in [0.3, 0.4) is 0 Å². The van der Waals surface area contributed by atoms with E-state index in [2.05, 4.69) is 75.6 Å². The number of rotatable bonds is 4.